The number of hydrogen-bond donors (Lipinski definition) is 1. The van der Waals surface area contributed by atoms with Crippen LogP contribution < -0.4 is 5.32 Å². The van der Waals surface area contributed by atoms with E-state index in [-0.39, 0.29) is 10.6 Å². The Bertz CT molecular complexity index is 785. The highest BCUT2D eigenvalue weighted by molar-refractivity contribution is 5.96. The van der Waals surface area contributed by atoms with Gasteiger partial charge in [-0.1, -0.05) is 12.1 Å². The first-order valence-corrected chi connectivity index (χ1v) is 9.12. The molecular weight excluding hydrogens is 330 g/mol. The molecule has 1 aromatic heterocycles. The molecule has 0 spiro atoms. The van der Waals surface area contributed by atoms with Crippen LogP contribution in [0.5, 0.6) is 0 Å². The number of fused-ring (bicyclic) bond motifs is 1. The fraction of sp³-hybridized carbons (Fsp3) is 0.526. The number of piperidine rings is 1. The average molecular weight is 357 g/mol. The van der Waals surface area contributed by atoms with Gasteiger partial charge in [-0.15, -0.1) is 0 Å². The molecule has 1 aromatic carbocycles. The lowest BCUT2D eigenvalue weighted by molar-refractivity contribution is -0.383. The minimum absolute atomic E-state index is 0.0627. The number of nitro groups is 1. The average Bonchev–Trinajstić information content (AvgIpc) is 2.60. The van der Waals surface area contributed by atoms with Gasteiger partial charge in [-0.25, -0.2) is 4.98 Å². The van der Waals surface area contributed by atoms with Crippen LogP contribution in [0.2, 0.25) is 0 Å². The van der Waals surface area contributed by atoms with E-state index in [1.165, 1.54) is 6.07 Å². The summed E-state index contributed by atoms with van der Waals surface area (Å²) in [4.78, 5) is 20.1. The molecule has 0 bridgehead atoms. The molecule has 1 aliphatic rings. The topological polar surface area (TPSA) is 74.5 Å². The van der Waals surface area contributed by atoms with E-state index in [9.17, 15) is 10.1 Å². The minimum Gasteiger partial charge on any atom is -0.382 e. The lowest BCUT2D eigenvalue weighted by Gasteiger charge is -2.33. The smallest absolute Gasteiger partial charge is 0.295 e. The van der Waals surface area contributed by atoms with E-state index in [4.69, 9.17) is 0 Å². The summed E-state index contributed by atoms with van der Waals surface area (Å²) in [6.07, 6.45) is 2.15. The number of aromatic nitrogens is 1. The maximum Gasteiger partial charge on any atom is 0.295 e. The second kappa shape index (κ2) is 7.97. The maximum absolute atomic E-state index is 11.3. The van der Waals surface area contributed by atoms with Crippen LogP contribution in [0, 0.1) is 17.0 Å². The van der Waals surface area contributed by atoms with Crippen molar-refractivity contribution in [2.24, 2.45) is 0 Å². The van der Waals surface area contributed by atoms with E-state index in [2.05, 4.69) is 34.2 Å². The summed E-state index contributed by atoms with van der Waals surface area (Å²) in [6, 6.07) is 7.53. The van der Waals surface area contributed by atoms with Crippen molar-refractivity contribution in [3.63, 3.8) is 0 Å². The van der Waals surface area contributed by atoms with Gasteiger partial charge in [0.1, 0.15) is 0 Å². The van der Waals surface area contributed by atoms with E-state index >= 15 is 0 Å². The molecule has 1 saturated heterocycles. The second-order valence-corrected chi connectivity index (χ2v) is 7.31. The van der Waals surface area contributed by atoms with Crippen molar-refractivity contribution in [1.82, 2.24) is 14.8 Å². The van der Waals surface area contributed by atoms with E-state index in [0.717, 1.165) is 55.8 Å². The Morgan fingerprint density at radius 1 is 1.35 bits per heavy atom. The van der Waals surface area contributed by atoms with Crippen molar-refractivity contribution in [3.8, 4) is 0 Å². The van der Waals surface area contributed by atoms with E-state index in [1.807, 2.05) is 19.1 Å². The number of nitrogens with one attached hydrogen (secondary N) is 1. The van der Waals surface area contributed by atoms with Gasteiger partial charge in [0.2, 0.25) is 0 Å². The molecule has 1 aliphatic heterocycles. The molecule has 3 rings (SSSR count). The Hall–Kier alpha value is -2.25. The number of pyridine rings is 1. The van der Waals surface area contributed by atoms with Crippen molar-refractivity contribution in [3.05, 3.63) is 40.1 Å². The van der Waals surface area contributed by atoms with Crippen LogP contribution in [0.15, 0.2) is 24.3 Å². The molecule has 140 valence electrons. The molecular formula is C19H27N5O2. The molecule has 2 heterocycles. The van der Waals surface area contributed by atoms with Crippen LogP contribution in [0.25, 0.3) is 10.9 Å². The van der Waals surface area contributed by atoms with E-state index in [1.54, 1.807) is 6.07 Å². The molecule has 0 saturated carbocycles. The maximum atomic E-state index is 11.3. The van der Waals surface area contributed by atoms with E-state index in [0.29, 0.717) is 11.6 Å². The van der Waals surface area contributed by atoms with Gasteiger partial charge in [-0.3, -0.25) is 10.1 Å². The fourth-order valence-electron chi connectivity index (χ4n) is 3.49. The predicted octanol–water partition coefficient (Wildman–Crippen LogP) is 2.89. The van der Waals surface area contributed by atoms with Crippen LogP contribution in [0.4, 0.5) is 11.4 Å². The van der Waals surface area contributed by atoms with Gasteiger partial charge < -0.3 is 15.1 Å². The Kier molecular flexibility index (Phi) is 5.68. The Labute approximate surface area is 154 Å². The summed E-state index contributed by atoms with van der Waals surface area (Å²) in [5, 5.41) is 15.7. The molecule has 1 N–H and O–H groups in total. The number of likely N-dealkylation sites (N-methyl/N-ethyl adjacent to an activating group) is 1. The highest BCUT2D eigenvalue weighted by atomic mass is 16.6. The first kappa shape index (κ1) is 18.5. The van der Waals surface area contributed by atoms with Gasteiger partial charge in [0, 0.05) is 55.1 Å². The molecule has 0 aliphatic carbocycles. The number of aryl methyl sites for hydroxylation is 1. The summed E-state index contributed by atoms with van der Waals surface area (Å²) in [5.41, 5.74) is 2.26. The number of likely N-dealkylation sites (tertiary alicyclic amines) is 1. The van der Waals surface area contributed by atoms with Gasteiger partial charge in [0.15, 0.2) is 5.52 Å². The molecule has 0 atom stereocenters. The fourth-order valence-corrected chi connectivity index (χ4v) is 3.49. The second-order valence-electron chi connectivity index (χ2n) is 7.31. The monoisotopic (exact) mass is 357 g/mol. The number of hydrogen-bond acceptors (Lipinski definition) is 6. The Morgan fingerprint density at radius 3 is 2.73 bits per heavy atom. The molecule has 7 nitrogen and oxygen atoms in total. The Balaban J connectivity index is 1.74. The van der Waals surface area contributed by atoms with Gasteiger partial charge in [0.05, 0.1) is 4.92 Å². The largest absolute Gasteiger partial charge is 0.382 e. The number of anilines is 1. The van der Waals surface area contributed by atoms with Crippen molar-refractivity contribution < 1.29 is 4.92 Å². The highest BCUT2D eigenvalue weighted by Gasteiger charge is 2.21. The van der Waals surface area contributed by atoms with Crippen LogP contribution in [-0.4, -0.2) is 66.0 Å². The zero-order chi connectivity index (χ0) is 18.7. The molecule has 26 heavy (non-hydrogen) atoms. The summed E-state index contributed by atoms with van der Waals surface area (Å²) < 4.78 is 0. The normalized spacial score (nSPS) is 16.3. The summed E-state index contributed by atoms with van der Waals surface area (Å²) in [7, 11) is 4.20. The third kappa shape index (κ3) is 4.28. The van der Waals surface area contributed by atoms with Gasteiger partial charge in [0.25, 0.3) is 5.69 Å². The van der Waals surface area contributed by atoms with Crippen LogP contribution in [0.3, 0.4) is 0 Å². The number of para-hydroxylation sites is 1. The summed E-state index contributed by atoms with van der Waals surface area (Å²) >= 11 is 0. The Morgan fingerprint density at radius 2 is 2.08 bits per heavy atom. The third-order valence-electron chi connectivity index (χ3n) is 4.95. The van der Waals surface area contributed by atoms with Gasteiger partial charge in [-0.2, -0.15) is 0 Å². The van der Waals surface area contributed by atoms with Crippen molar-refractivity contribution in [2.75, 3.05) is 45.6 Å². The van der Waals surface area contributed by atoms with Gasteiger partial charge in [-0.05, 0) is 39.9 Å². The third-order valence-corrected chi connectivity index (χ3v) is 4.95. The van der Waals surface area contributed by atoms with Crippen molar-refractivity contribution in [1.29, 1.82) is 0 Å². The number of nitro benzene ring substituents is 1. The number of benzene rings is 1. The number of rotatable bonds is 6. The minimum atomic E-state index is -0.359. The lowest BCUT2D eigenvalue weighted by atomic mass is 10.0. The summed E-state index contributed by atoms with van der Waals surface area (Å²) in [6.45, 7) is 6.21. The van der Waals surface area contributed by atoms with Crippen LogP contribution in [0.1, 0.15) is 18.5 Å². The zero-order valence-corrected chi connectivity index (χ0v) is 15.7. The van der Waals surface area contributed by atoms with Crippen molar-refractivity contribution >= 4 is 22.3 Å². The molecule has 0 unspecified atom stereocenters. The SMILES string of the molecule is Cc1cc(NC2CCN(CCN(C)C)CC2)c2cccc([N+](=O)[O-])c2n1. The predicted molar refractivity (Wildman–Crippen MR) is 105 cm³/mol. The molecule has 1 fully saturated rings. The first-order valence-electron chi connectivity index (χ1n) is 9.12. The molecule has 7 heteroatoms. The first-order chi connectivity index (χ1) is 12.4. The molecule has 0 radical (unpaired) electrons. The van der Waals surface area contributed by atoms with E-state index < -0.39 is 0 Å². The number of nitrogens with zero attached hydrogens (tertiary/aromatic N) is 4. The van der Waals surface area contributed by atoms with Crippen molar-refractivity contribution in [2.45, 2.75) is 25.8 Å². The van der Waals surface area contributed by atoms with Crippen LogP contribution >= 0.6 is 0 Å². The number of non-ortho nitro benzene ring substituents is 1. The zero-order valence-electron chi connectivity index (χ0n) is 15.7. The quantitative estimate of drug-likeness (QED) is 0.633. The van der Waals surface area contributed by atoms with Crippen LogP contribution in [-0.2, 0) is 0 Å². The summed E-state index contributed by atoms with van der Waals surface area (Å²) in [5.74, 6) is 0. The van der Waals surface area contributed by atoms with Gasteiger partial charge >= 0.3 is 0 Å². The molecule has 0 amide bonds. The highest BCUT2D eigenvalue weighted by Crippen LogP contribution is 2.31. The lowest BCUT2D eigenvalue weighted by Crippen LogP contribution is -2.41. The standard InChI is InChI=1S/C19H27N5O2/c1-14-13-17(16-5-4-6-18(24(25)26)19(16)20-14)21-15-7-9-23(10-8-15)12-11-22(2)3/h4-6,13,15H,7-12H2,1-3H3,(H,20,21). The molecule has 2 aromatic rings.